The van der Waals surface area contributed by atoms with Crippen LogP contribution in [-0.2, 0) is 4.79 Å². The van der Waals surface area contributed by atoms with Crippen LogP contribution in [0.5, 0.6) is 0 Å². The number of hydrogen-bond donors (Lipinski definition) is 2. The second-order valence-corrected chi connectivity index (χ2v) is 7.95. The minimum absolute atomic E-state index is 0.00996. The van der Waals surface area contributed by atoms with E-state index < -0.39 is 0 Å². The lowest BCUT2D eigenvalue weighted by Gasteiger charge is -2.38. The maximum Gasteiger partial charge on any atom is 0.317 e. The molecule has 1 aromatic rings. The molecule has 1 aliphatic rings. The molecule has 1 saturated heterocycles. The van der Waals surface area contributed by atoms with E-state index in [0.29, 0.717) is 31.6 Å². The van der Waals surface area contributed by atoms with Crippen LogP contribution in [0.1, 0.15) is 63.5 Å². The zero-order chi connectivity index (χ0) is 20.7. The van der Waals surface area contributed by atoms with Crippen molar-refractivity contribution in [3.05, 3.63) is 35.1 Å². The molecule has 0 aromatic heterocycles. The van der Waals surface area contributed by atoms with Crippen LogP contribution in [0.3, 0.4) is 0 Å². The summed E-state index contributed by atoms with van der Waals surface area (Å²) in [4.78, 5) is 27.1. The molecule has 156 valence electrons. The van der Waals surface area contributed by atoms with Gasteiger partial charge in [-0.3, -0.25) is 4.79 Å². The SMILES string of the molecule is CCCCNC(=O)N1CC(C(=O)NC(C)CC)CC(c2ccc(F)c(C)c2)C1. The number of amides is 3. The summed E-state index contributed by atoms with van der Waals surface area (Å²) in [5, 5.41) is 6.00. The zero-order valence-electron chi connectivity index (χ0n) is 17.6. The number of nitrogens with zero attached hydrogens (tertiary/aromatic N) is 1. The molecule has 0 bridgehead atoms. The number of urea groups is 1. The quantitative estimate of drug-likeness (QED) is 0.691. The monoisotopic (exact) mass is 391 g/mol. The lowest BCUT2D eigenvalue weighted by molar-refractivity contribution is -0.127. The summed E-state index contributed by atoms with van der Waals surface area (Å²) < 4.78 is 13.7. The minimum Gasteiger partial charge on any atom is -0.353 e. The number of nitrogens with one attached hydrogen (secondary N) is 2. The maximum atomic E-state index is 13.7. The first-order valence-corrected chi connectivity index (χ1v) is 10.4. The molecule has 1 fully saturated rings. The van der Waals surface area contributed by atoms with Crippen molar-refractivity contribution >= 4 is 11.9 Å². The van der Waals surface area contributed by atoms with E-state index in [4.69, 9.17) is 0 Å². The third kappa shape index (κ3) is 5.94. The van der Waals surface area contributed by atoms with Crippen molar-refractivity contribution in [2.75, 3.05) is 19.6 Å². The van der Waals surface area contributed by atoms with Crippen molar-refractivity contribution < 1.29 is 14.0 Å². The predicted molar refractivity (Wildman–Crippen MR) is 110 cm³/mol. The van der Waals surface area contributed by atoms with Gasteiger partial charge in [0.05, 0.1) is 5.92 Å². The zero-order valence-corrected chi connectivity index (χ0v) is 17.6. The fourth-order valence-electron chi connectivity index (χ4n) is 3.56. The standard InChI is InChI=1S/C22H34FN3O2/c1-5-7-10-24-22(28)26-13-18(17-8-9-20(23)15(3)11-17)12-19(14-26)21(27)25-16(4)6-2/h8-9,11,16,18-19H,5-7,10,12-14H2,1-4H3,(H,24,28)(H,25,27). The molecule has 3 atom stereocenters. The molecule has 3 unspecified atom stereocenters. The smallest absolute Gasteiger partial charge is 0.317 e. The number of piperidine rings is 1. The molecule has 6 heteroatoms. The number of aryl methyl sites for hydroxylation is 1. The molecule has 3 amide bonds. The van der Waals surface area contributed by atoms with Gasteiger partial charge in [0.1, 0.15) is 5.82 Å². The highest BCUT2D eigenvalue weighted by Gasteiger charge is 2.34. The average Bonchev–Trinajstić information content (AvgIpc) is 2.69. The Bertz CT molecular complexity index is 680. The van der Waals surface area contributed by atoms with Gasteiger partial charge in [0.2, 0.25) is 5.91 Å². The molecular formula is C22H34FN3O2. The topological polar surface area (TPSA) is 61.4 Å². The number of benzene rings is 1. The molecule has 0 spiro atoms. The Hall–Kier alpha value is -2.11. The number of unbranched alkanes of at least 4 members (excludes halogenated alkanes) is 1. The van der Waals surface area contributed by atoms with Gasteiger partial charge in [0.25, 0.3) is 0 Å². The van der Waals surface area contributed by atoms with Crippen molar-refractivity contribution in [1.29, 1.82) is 0 Å². The van der Waals surface area contributed by atoms with Gasteiger partial charge in [-0.25, -0.2) is 9.18 Å². The van der Waals surface area contributed by atoms with E-state index in [1.165, 1.54) is 6.07 Å². The van der Waals surface area contributed by atoms with Crippen molar-refractivity contribution in [1.82, 2.24) is 15.5 Å². The lowest BCUT2D eigenvalue weighted by Crippen LogP contribution is -2.52. The Morgan fingerprint density at radius 2 is 2.04 bits per heavy atom. The van der Waals surface area contributed by atoms with Crippen molar-refractivity contribution in [2.45, 2.75) is 65.3 Å². The van der Waals surface area contributed by atoms with Gasteiger partial charge in [0.15, 0.2) is 0 Å². The number of likely N-dealkylation sites (tertiary alicyclic amines) is 1. The Kier molecular flexibility index (Phi) is 8.27. The summed E-state index contributed by atoms with van der Waals surface area (Å²) in [5.41, 5.74) is 1.56. The van der Waals surface area contributed by atoms with E-state index in [1.807, 2.05) is 19.9 Å². The molecule has 1 aliphatic heterocycles. The first-order chi connectivity index (χ1) is 13.3. The fourth-order valence-corrected chi connectivity index (χ4v) is 3.56. The van der Waals surface area contributed by atoms with Gasteiger partial charge in [-0.05, 0) is 50.3 Å². The van der Waals surface area contributed by atoms with Gasteiger partial charge in [-0.2, -0.15) is 0 Å². The van der Waals surface area contributed by atoms with Crippen molar-refractivity contribution in [3.8, 4) is 0 Å². The Morgan fingerprint density at radius 1 is 1.29 bits per heavy atom. The molecule has 1 aromatic carbocycles. The van der Waals surface area contributed by atoms with E-state index in [0.717, 1.165) is 24.8 Å². The third-order valence-corrected chi connectivity index (χ3v) is 5.57. The van der Waals surface area contributed by atoms with Crippen molar-refractivity contribution in [3.63, 3.8) is 0 Å². The first-order valence-electron chi connectivity index (χ1n) is 10.4. The van der Waals surface area contributed by atoms with Crippen LogP contribution in [0.15, 0.2) is 18.2 Å². The van der Waals surface area contributed by atoms with Gasteiger partial charge >= 0.3 is 6.03 Å². The Balaban J connectivity index is 2.18. The number of carbonyl (C=O) groups excluding carboxylic acids is 2. The largest absolute Gasteiger partial charge is 0.353 e. The average molecular weight is 392 g/mol. The summed E-state index contributed by atoms with van der Waals surface area (Å²) in [7, 11) is 0. The third-order valence-electron chi connectivity index (χ3n) is 5.57. The highest BCUT2D eigenvalue weighted by Crippen LogP contribution is 2.31. The number of hydrogen-bond acceptors (Lipinski definition) is 2. The van der Waals surface area contributed by atoms with Crippen LogP contribution in [0.4, 0.5) is 9.18 Å². The molecular weight excluding hydrogens is 357 g/mol. The van der Waals surface area contributed by atoms with E-state index in [1.54, 1.807) is 17.9 Å². The van der Waals surface area contributed by atoms with Gasteiger partial charge in [-0.15, -0.1) is 0 Å². The minimum atomic E-state index is -0.268. The normalized spacial score (nSPS) is 20.5. The van der Waals surface area contributed by atoms with Gasteiger partial charge < -0.3 is 15.5 Å². The van der Waals surface area contributed by atoms with E-state index >= 15 is 0 Å². The van der Waals surface area contributed by atoms with Crippen LogP contribution in [0, 0.1) is 18.7 Å². The molecule has 0 saturated carbocycles. The summed E-state index contributed by atoms with van der Waals surface area (Å²) in [6.07, 6.45) is 3.46. The molecule has 0 radical (unpaired) electrons. The van der Waals surface area contributed by atoms with Crippen LogP contribution in [0.25, 0.3) is 0 Å². The summed E-state index contributed by atoms with van der Waals surface area (Å²) in [6, 6.07) is 5.06. The molecule has 0 aliphatic carbocycles. The van der Waals surface area contributed by atoms with Crippen LogP contribution >= 0.6 is 0 Å². The van der Waals surface area contributed by atoms with Gasteiger partial charge in [0, 0.05) is 31.6 Å². The second-order valence-electron chi connectivity index (χ2n) is 7.95. The predicted octanol–water partition coefficient (Wildman–Crippen LogP) is 3.96. The molecule has 1 heterocycles. The number of halogens is 1. The number of rotatable bonds is 7. The highest BCUT2D eigenvalue weighted by molar-refractivity contribution is 5.81. The van der Waals surface area contributed by atoms with E-state index in [9.17, 15) is 14.0 Å². The summed E-state index contributed by atoms with van der Waals surface area (Å²) in [6.45, 7) is 9.42. The molecule has 2 N–H and O–H groups in total. The van der Waals surface area contributed by atoms with Gasteiger partial charge in [-0.1, -0.05) is 32.4 Å². The fraction of sp³-hybridized carbons (Fsp3) is 0.636. The van der Waals surface area contributed by atoms with Crippen LogP contribution in [-0.4, -0.2) is 42.5 Å². The van der Waals surface area contributed by atoms with E-state index in [2.05, 4.69) is 17.6 Å². The van der Waals surface area contributed by atoms with Crippen LogP contribution < -0.4 is 10.6 Å². The lowest BCUT2D eigenvalue weighted by atomic mass is 9.83. The van der Waals surface area contributed by atoms with E-state index in [-0.39, 0.29) is 35.6 Å². The second kappa shape index (κ2) is 10.4. The summed E-state index contributed by atoms with van der Waals surface area (Å²) in [5.74, 6) is -0.503. The summed E-state index contributed by atoms with van der Waals surface area (Å²) >= 11 is 0. The first kappa shape index (κ1) is 22.2. The maximum absolute atomic E-state index is 13.7. The highest BCUT2D eigenvalue weighted by atomic mass is 19.1. The Labute approximate surface area is 168 Å². The molecule has 28 heavy (non-hydrogen) atoms. The molecule has 2 rings (SSSR count). The van der Waals surface area contributed by atoms with Crippen molar-refractivity contribution in [2.24, 2.45) is 5.92 Å². The Morgan fingerprint density at radius 3 is 2.68 bits per heavy atom. The number of carbonyl (C=O) groups is 2. The molecule has 5 nitrogen and oxygen atoms in total. The van der Waals surface area contributed by atoms with Crippen LogP contribution in [0.2, 0.25) is 0 Å².